The molecule has 7 nitrogen and oxygen atoms in total. The number of aryl methyl sites for hydroxylation is 1. The number of pyridine rings is 1. The number of nitrogen functional groups attached to an aromatic ring is 1. The minimum Gasteiger partial charge on any atom is -0.384 e. The van der Waals surface area contributed by atoms with Crippen LogP contribution in [0.2, 0.25) is 0 Å². The molecule has 2 aromatic rings. The third-order valence-corrected chi connectivity index (χ3v) is 6.04. The number of fused-ring (bicyclic) bond motifs is 1. The molecule has 148 valence electrons. The number of nitrogens with zero attached hydrogens (tertiary/aromatic N) is 2. The van der Waals surface area contributed by atoms with Gasteiger partial charge in [-0.1, -0.05) is 31.6 Å². The zero-order chi connectivity index (χ0) is 20.3. The van der Waals surface area contributed by atoms with Crippen molar-refractivity contribution in [3.8, 4) is 0 Å². The lowest BCUT2D eigenvalue weighted by Crippen LogP contribution is -2.23. The average Bonchev–Trinajstić information content (AvgIpc) is 3.00. The summed E-state index contributed by atoms with van der Waals surface area (Å²) in [6.07, 6.45) is 4.51. The molecule has 0 fully saturated rings. The van der Waals surface area contributed by atoms with Crippen LogP contribution >= 0.6 is 11.3 Å². The minimum absolute atomic E-state index is 0.105. The Labute approximate surface area is 167 Å². The van der Waals surface area contributed by atoms with E-state index in [1.165, 1.54) is 6.20 Å². The molecule has 1 aliphatic carbocycles. The molecule has 0 spiro atoms. The van der Waals surface area contributed by atoms with Crippen LogP contribution in [-0.2, 0) is 11.2 Å². The van der Waals surface area contributed by atoms with Crippen molar-refractivity contribution in [2.45, 2.75) is 46.0 Å². The number of aromatic nitrogens is 2. The maximum absolute atomic E-state index is 13.0. The van der Waals surface area contributed by atoms with Crippen molar-refractivity contribution < 1.29 is 14.4 Å². The Balaban J connectivity index is 1.78. The molecule has 28 heavy (non-hydrogen) atoms. The summed E-state index contributed by atoms with van der Waals surface area (Å²) in [5.74, 6) is -0.723. The maximum atomic E-state index is 13.0. The first kappa shape index (κ1) is 20.1. The first-order valence-electron chi connectivity index (χ1n) is 9.48. The largest absolute Gasteiger partial charge is 0.384 e. The SMILES string of the molecule is CCC(C)CC(=O)Nc1nc2c(s1)C(=O)C(C(=O)c1ccc(N)nc1)CCC2. The van der Waals surface area contributed by atoms with E-state index < -0.39 is 5.92 Å². The number of Topliss-reactive ketones (excluding diaryl/α,β-unsaturated/α-hetero) is 2. The van der Waals surface area contributed by atoms with Crippen molar-refractivity contribution >= 4 is 39.8 Å². The lowest BCUT2D eigenvalue weighted by atomic mass is 9.91. The molecule has 0 radical (unpaired) electrons. The van der Waals surface area contributed by atoms with E-state index in [2.05, 4.69) is 15.3 Å². The Kier molecular flexibility index (Phi) is 6.18. The van der Waals surface area contributed by atoms with Gasteiger partial charge in [0.25, 0.3) is 0 Å². The topological polar surface area (TPSA) is 115 Å². The summed E-state index contributed by atoms with van der Waals surface area (Å²) in [5, 5.41) is 3.22. The Morgan fingerprint density at radius 3 is 2.86 bits per heavy atom. The normalized spacial score (nSPS) is 17.5. The van der Waals surface area contributed by atoms with Gasteiger partial charge in [-0.15, -0.1) is 0 Å². The highest BCUT2D eigenvalue weighted by Crippen LogP contribution is 2.33. The molecule has 3 rings (SSSR count). The summed E-state index contributed by atoms with van der Waals surface area (Å²) in [7, 11) is 0. The van der Waals surface area contributed by atoms with Crippen LogP contribution in [0.5, 0.6) is 0 Å². The standard InChI is InChI=1S/C20H24N4O3S/c1-3-11(2)9-16(25)24-20-23-14-6-4-5-13(18(27)19(14)28-20)17(26)12-7-8-15(21)22-10-12/h7-8,10-11,13H,3-6,9H2,1-2H3,(H2,21,22)(H,23,24,25). The predicted molar refractivity (Wildman–Crippen MR) is 109 cm³/mol. The van der Waals surface area contributed by atoms with Gasteiger partial charge in [0.1, 0.15) is 5.82 Å². The number of thiazole rings is 1. The summed E-state index contributed by atoms with van der Waals surface area (Å²) >= 11 is 1.16. The third kappa shape index (κ3) is 4.44. The summed E-state index contributed by atoms with van der Waals surface area (Å²) in [4.78, 5) is 46.8. The molecule has 2 atom stereocenters. The molecule has 2 unspecified atom stereocenters. The summed E-state index contributed by atoms with van der Waals surface area (Å²) < 4.78 is 0. The highest BCUT2D eigenvalue weighted by Gasteiger charge is 2.34. The number of amides is 1. The fourth-order valence-corrected chi connectivity index (χ4v) is 4.19. The van der Waals surface area contributed by atoms with Gasteiger partial charge in [-0.2, -0.15) is 0 Å². The molecule has 1 aliphatic rings. The van der Waals surface area contributed by atoms with Crippen molar-refractivity contribution in [1.82, 2.24) is 9.97 Å². The number of ketones is 2. The summed E-state index contributed by atoms with van der Waals surface area (Å²) in [6, 6.07) is 3.15. The van der Waals surface area contributed by atoms with E-state index in [1.807, 2.05) is 13.8 Å². The number of rotatable bonds is 6. The molecule has 0 aromatic carbocycles. The van der Waals surface area contributed by atoms with Crippen LogP contribution in [-0.4, -0.2) is 27.4 Å². The van der Waals surface area contributed by atoms with E-state index in [9.17, 15) is 14.4 Å². The highest BCUT2D eigenvalue weighted by molar-refractivity contribution is 7.17. The lowest BCUT2D eigenvalue weighted by Gasteiger charge is -2.11. The van der Waals surface area contributed by atoms with Crippen LogP contribution in [0.3, 0.4) is 0 Å². The molecule has 0 aliphatic heterocycles. The molecule has 8 heteroatoms. The van der Waals surface area contributed by atoms with Crippen LogP contribution in [0, 0.1) is 11.8 Å². The van der Waals surface area contributed by atoms with Gasteiger partial charge < -0.3 is 11.1 Å². The van der Waals surface area contributed by atoms with Crippen LogP contribution in [0.15, 0.2) is 18.3 Å². The fourth-order valence-electron chi connectivity index (χ4n) is 3.16. The second kappa shape index (κ2) is 8.60. The number of hydrogen-bond donors (Lipinski definition) is 2. The van der Waals surface area contributed by atoms with Gasteiger partial charge in [-0.05, 0) is 37.3 Å². The van der Waals surface area contributed by atoms with Gasteiger partial charge in [-0.25, -0.2) is 9.97 Å². The Morgan fingerprint density at radius 2 is 2.18 bits per heavy atom. The number of carbonyl (C=O) groups is 3. The number of nitrogens with two attached hydrogens (primary N) is 1. The number of anilines is 2. The molecule has 1 amide bonds. The third-order valence-electron chi connectivity index (χ3n) is 5.01. The molecular weight excluding hydrogens is 376 g/mol. The summed E-state index contributed by atoms with van der Waals surface area (Å²) in [6.45, 7) is 4.05. The van der Waals surface area contributed by atoms with Crippen molar-refractivity contribution in [3.63, 3.8) is 0 Å². The molecule has 2 aromatic heterocycles. The van der Waals surface area contributed by atoms with E-state index >= 15 is 0 Å². The number of nitrogens with one attached hydrogen (secondary N) is 1. The second-order valence-corrected chi connectivity index (χ2v) is 8.20. The van der Waals surface area contributed by atoms with Gasteiger partial charge in [0.2, 0.25) is 5.91 Å². The Morgan fingerprint density at radius 1 is 1.39 bits per heavy atom. The van der Waals surface area contributed by atoms with Gasteiger partial charge >= 0.3 is 0 Å². The average molecular weight is 401 g/mol. The fraction of sp³-hybridized carbons (Fsp3) is 0.450. The van der Waals surface area contributed by atoms with Crippen LogP contribution < -0.4 is 11.1 Å². The van der Waals surface area contributed by atoms with E-state index in [4.69, 9.17) is 5.73 Å². The molecular formula is C20H24N4O3S. The molecule has 0 bridgehead atoms. The zero-order valence-electron chi connectivity index (χ0n) is 16.0. The molecule has 3 N–H and O–H groups in total. The Hall–Kier alpha value is -2.61. The second-order valence-electron chi connectivity index (χ2n) is 7.21. The van der Waals surface area contributed by atoms with Crippen LogP contribution in [0.1, 0.15) is 65.3 Å². The smallest absolute Gasteiger partial charge is 0.226 e. The quantitative estimate of drug-likeness (QED) is 0.435. The number of hydrogen-bond acceptors (Lipinski definition) is 7. The first-order valence-corrected chi connectivity index (χ1v) is 10.3. The molecule has 0 saturated heterocycles. The van der Waals surface area contributed by atoms with Gasteiger partial charge in [0, 0.05) is 18.2 Å². The van der Waals surface area contributed by atoms with Crippen LogP contribution in [0.4, 0.5) is 10.9 Å². The number of carbonyl (C=O) groups excluding carboxylic acids is 3. The van der Waals surface area contributed by atoms with E-state index in [0.29, 0.717) is 52.8 Å². The summed E-state index contributed by atoms with van der Waals surface area (Å²) in [5.41, 5.74) is 6.62. The van der Waals surface area contributed by atoms with Crippen molar-refractivity contribution in [2.24, 2.45) is 11.8 Å². The van der Waals surface area contributed by atoms with Crippen molar-refractivity contribution in [2.75, 3.05) is 11.1 Å². The van der Waals surface area contributed by atoms with E-state index in [0.717, 1.165) is 17.8 Å². The lowest BCUT2D eigenvalue weighted by molar-refractivity contribution is -0.117. The Bertz CT molecular complexity index is 891. The molecule has 0 saturated carbocycles. The van der Waals surface area contributed by atoms with Crippen molar-refractivity contribution in [1.29, 1.82) is 0 Å². The monoisotopic (exact) mass is 400 g/mol. The van der Waals surface area contributed by atoms with Crippen molar-refractivity contribution in [3.05, 3.63) is 34.5 Å². The maximum Gasteiger partial charge on any atom is 0.226 e. The molecule has 2 heterocycles. The minimum atomic E-state index is -0.754. The zero-order valence-corrected chi connectivity index (χ0v) is 16.8. The van der Waals surface area contributed by atoms with Gasteiger partial charge in [0.15, 0.2) is 16.7 Å². The van der Waals surface area contributed by atoms with Crippen LogP contribution in [0.25, 0.3) is 0 Å². The highest BCUT2D eigenvalue weighted by atomic mass is 32.1. The van der Waals surface area contributed by atoms with Gasteiger partial charge in [-0.3, -0.25) is 14.4 Å². The predicted octanol–water partition coefficient (Wildman–Crippen LogP) is 3.51. The van der Waals surface area contributed by atoms with E-state index in [-0.39, 0.29) is 23.4 Å². The first-order chi connectivity index (χ1) is 13.4. The van der Waals surface area contributed by atoms with E-state index in [1.54, 1.807) is 12.1 Å². The van der Waals surface area contributed by atoms with Gasteiger partial charge in [0.05, 0.1) is 16.5 Å².